The SMILES string of the molecule is Cc1cc(C(=O)Nc2ccc(OCCC(N)=O)cc2)c(C)n1-c1ccccn1. The lowest BCUT2D eigenvalue weighted by Crippen LogP contribution is -2.14. The monoisotopic (exact) mass is 378 g/mol. The largest absolute Gasteiger partial charge is 0.493 e. The number of carbonyl (C=O) groups excluding carboxylic acids is 2. The molecule has 0 spiro atoms. The molecule has 144 valence electrons. The van der Waals surface area contributed by atoms with Crippen LogP contribution in [0.25, 0.3) is 5.82 Å². The first-order chi connectivity index (χ1) is 13.5. The van der Waals surface area contributed by atoms with Crippen LogP contribution < -0.4 is 15.8 Å². The van der Waals surface area contributed by atoms with E-state index < -0.39 is 5.91 Å². The van der Waals surface area contributed by atoms with Crippen LogP contribution in [0.3, 0.4) is 0 Å². The lowest BCUT2D eigenvalue weighted by molar-refractivity contribution is -0.118. The molecule has 0 unspecified atom stereocenters. The standard InChI is InChI=1S/C21H22N4O3/c1-14-13-18(15(2)25(14)20-5-3-4-11-23-20)21(27)24-16-6-8-17(9-7-16)28-12-10-19(22)26/h3-9,11,13H,10,12H2,1-2H3,(H2,22,26)(H,24,27). The van der Waals surface area contributed by atoms with E-state index in [4.69, 9.17) is 10.5 Å². The van der Waals surface area contributed by atoms with Gasteiger partial charge in [0.1, 0.15) is 11.6 Å². The van der Waals surface area contributed by atoms with Gasteiger partial charge in [0, 0.05) is 23.3 Å². The first-order valence-corrected chi connectivity index (χ1v) is 8.88. The number of hydrogen-bond donors (Lipinski definition) is 2. The Morgan fingerprint density at radius 2 is 1.89 bits per heavy atom. The number of aryl methyl sites for hydroxylation is 1. The number of aromatic nitrogens is 2. The van der Waals surface area contributed by atoms with E-state index in [1.807, 2.05) is 42.7 Å². The van der Waals surface area contributed by atoms with Crippen LogP contribution in [-0.2, 0) is 4.79 Å². The minimum Gasteiger partial charge on any atom is -0.493 e. The number of hydrogen-bond acceptors (Lipinski definition) is 4. The quantitative estimate of drug-likeness (QED) is 0.660. The van der Waals surface area contributed by atoms with Gasteiger partial charge in [0.25, 0.3) is 5.91 Å². The molecule has 2 amide bonds. The first-order valence-electron chi connectivity index (χ1n) is 8.88. The van der Waals surface area contributed by atoms with Crippen molar-refractivity contribution in [2.45, 2.75) is 20.3 Å². The lowest BCUT2D eigenvalue weighted by atomic mass is 10.2. The summed E-state index contributed by atoms with van der Waals surface area (Å²) < 4.78 is 7.37. The number of amides is 2. The Hall–Kier alpha value is -3.61. The number of anilines is 1. The van der Waals surface area contributed by atoms with Gasteiger partial charge in [-0.3, -0.25) is 9.59 Å². The highest BCUT2D eigenvalue weighted by molar-refractivity contribution is 6.05. The van der Waals surface area contributed by atoms with Crippen molar-refractivity contribution in [2.24, 2.45) is 5.73 Å². The molecule has 0 aliphatic heterocycles. The average Bonchev–Trinajstić information content (AvgIpc) is 2.98. The van der Waals surface area contributed by atoms with E-state index in [1.54, 1.807) is 30.5 Å². The molecular formula is C21H22N4O3. The van der Waals surface area contributed by atoms with Crippen LogP contribution >= 0.6 is 0 Å². The van der Waals surface area contributed by atoms with Crippen molar-refractivity contribution in [1.29, 1.82) is 0 Å². The maximum atomic E-state index is 12.7. The molecule has 0 aliphatic rings. The molecular weight excluding hydrogens is 356 g/mol. The molecule has 7 nitrogen and oxygen atoms in total. The molecule has 3 rings (SSSR count). The molecule has 3 aromatic rings. The number of nitrogens with one attached hydrogen (secondary N) is 1. The minimum absolute atomic E-state index is 0.157. The number of pyridine rings is 1. The van der Waals surface area contributed by atoms with E-state index in [0.717, 1.165) is 17.2 Å². The summed E-state index contributed by atoms with van der Waals surface area (Å²) in [5.41, 5.74) is 8.07. The summed E-state index contributed by atoms with van der Waals surface area (Å²) in [5, 5.41) is 2.89. The zero-order chi connectivity index (χ0) is 20.1. The normalized spacial score (nSPS) is 10.5. The van der Waals surface area contributed by atoms with E-state index >= 15 is 0 Å². The highest BCUT2D eigenvalue weighted by atomic mass is 16.5. The molecule has 2 heterocycles. The molecule has 3 N–H and O–H groups in total. The van der Waals surface area contributed by atoms with Crippen LogP contribution in [0.15, 0.2) is 54.7 Å². The third-order valence-corrected chi connectivity index (χ3v) is 4.28. The first kappa shape index (κ1) is 19.2. The zero-order valence-electron chi connectivity index (χ0n) is 15.8. The molecule has 0 saturated heterocycles. The fraction of sp³-hybridized carbons (Fsp3) is 0.190. The van der Waals surface area contributed by atoms with Crippen molar-refractivity contribution < 1.29 is 14.3 Å². The third-order valence-electron chi connectivity index (χ3n) is 4.28. The summed E-state index contributed by atoms with van der Waals surface area (Å²) >= 11 is 0. The van der Waals surface area contributed by atoms with E-state index in [-0.39, 0.29) is 18.9 Å². The average molecular weight is 378 g/mol. The highest BCUT2D eigenvalue weighted by Crippen LogP contribution is 2.21. The fourth-order valence-corrected chi connectivity index (χ4v) is 2.93. The van der Waals surface area contributed by atoms with Gasteiger partial charge in [0.15, 0.2) is 0 Å². The molecule has 1 aromatic carbocycles. The van der Waals surface area contributed by atoms with Crippen LogP contribution in [-0.4, -0.2) is 28.0 Å². The maximum Gasteiger partial charge on any atom is 0.257 e. The number of benzene rings is 1. The number of rotatable bonds is 7. The number of primary amides is 1. The second-order valence-electron chi connectivity index (χ2n) is 6.35. The maximum absolute atomic E-state index is 12.7. The van der Waals surface area contributed by atoms with Crippen molar-refractivity contribution in [3.63, 3.8) is 0 Å². The number of ether oxygens (including phenoxy) is 1. The van der Waals surface area contributed by atoms with Gasteiger partial charge < -0.3 is 20.4 Å². The second-order valence-corrected chi connectivity index (χ2v) is 6.35. The van der Waals surface area contributed by atoms with Crippen molar-refractivity contribution >= 4 is 17.5 Å². The predicted octanol–water partition coefficient (Wildman–Crippen LogP) is 3.00. The molecule has 0 aliphatic carbocycles. The summed E-state index contributed by atoms with van der Waals surface area (Å²) in [6, 6.07) is 14.5. The van der Waals surface area contributed by atoms with Crippen molar-refractivity contribution in [3.8, 4) is 11.6 Å². The fourth-order valence-electron chi connectivity index (χ4n) is 2.93. The van der Waals surface area contributed by atoms with Gasteiger partial charge in [0.2, 0.25) is 5.91 Å². The van der Waals surface area contributed by atoms with Crippen LogP contribution in [0.4, 0.5) is 5.69 Å². The van der Waals surface area contributed by atoms with Crippen LogP contribution in [0.1, 0.15) is 28.2 Å². The Labute approximate surface area is 163 Å². The van der Waals surface area contributed by atoms with Gasteiger partial charge in [0.05, 0.1) is 18.6 Å². The van der Waals surface area contributed by atoms with Gasteiger partial charge in [-0.15, -0.1) is 0 Å². The second kappa shape index (κ2) is 8.39. The molecule has 2 aromatic heterocycles. The lowest BCUT2D eigenvalue weighted by Gasteiger charge is -2.09. The Kier molecular flexibility index (Phi) is 5.74. The number of carbonyl (C=O) groups is 2. The van der Waals surface area contributed by atoms with Gasteiger partial charge in [-0.25, -0.2) is 4.98 Å². The summed E-state index contributed by atoms with van der Waals surface area (Å²) in [5.74, 6) is 0.770. The third kappa shape index (κ3) is 4.37. The number of nitrogens with two attached hydrogens (primary N) is 1. The van der Waals surface area contributed by atoms with Gasteiger partial charge in [-0.2, -0.15) is 0 Å². The van der Waals surface area contributed by atoms with Gasteiger partial charge >= 0.3 is 0 Å². The van der Waals surface area contributed by atoms with E-state index in [0.29, 0.717) is 17.0 Å². The zero-order valence-corrected chi connectivity index (χ0v) is 15.8. The number of nitrogens with zero attached hydrogens (tertiary/aromatic N) is 2. The van der Waals surface area contributed by atoms with E-state index in [1.165, 1.54) is 0 Å². The summed E-state index contributed by atoms with van der Waals surface area (Å²) in [4.78, 5) is 27.8. The molecule has 0 fully saturated rings. The Morgan fingerprint density at radius 3 is 2.54 bits per heavy atom. The molecule has 0 atom stereocenters. The van der Waals surface area contributed by atoms with Crippen molar-refractivity contribution in [2.75, 3.05) is 11.9 Å². The molecule has 7 heteroatoms. The summed E-state index contributed by atoms with van der Waals surface area (Å²) in [6.07, 6.45) is 1.88. The molecule has 0 radical (unpaired) electrons. The van der Waals surface area contributed by atoms with Crippen molar-refractivity contribution in [3.05, 3.63) is 71.7 Å². The van der Waals surface area contributed by atoms with Crippen LogP contribution in [0.2, 0.25) is 0 Å². The van der Waals surface area contributed by atoms with Gasteiger partial charge in [-0.1, -0.05) is 6.07 Å². The molecule has 0 saturated carbocycles. The summed E-state index contributed by atoms with van der Waals surface area (Å²) in [6.45, 7) is 4.06. The van der Waals surface area contributed by atoms with Crippen LogP contribution in [0.5, 0.6) is 5.75 Å². The predicted molar refractivity (Wildman–Crippen MR) is 107 cm³/mol. The molecule has 28 heavy (non-hydrogen) atoms. The Balaban J connectivity index is 1.71. The smallest absolute Gasteiger partial charge is 0.257 e. The summed E-state index contributed by atoms with van der Waals surface area (Å²) in [7, 11) is 0. The topological polar surface area (TPSA) is 99.2 Å². The van der Waals surface area contributed by atoms with E-state index in [2.05, 4.69) is 10.3 Å². The van der Waals surface area contributed by atoms with Gasteiger partial charge in [-0.05, 0) is 56.3 Å². The van der Waals surface area contributed by atoms with Crippen molar-refractivity contribution in [1.82, 2.24) is 9.55 Å². The Morgan fingerprint density at radius 1 is 1.14 bits per heavy atom. The highest BCUT2D eigenvalue weighted by Gasteiger charge is 2.17. The van der Waals surface area contributed by atoms with Crippen LogP contribution in [0, 0.1) is 13.8 Å². The Bertz CT molecular complexity index is 979. The minimum atomic E-state index is -0.410. The van der Waals surface area contributed by atoms with E-state index in [9.17, 15) is 9.59 Å². The molecule has 0 bridgehead atoms.